The van der Waals surface area contributed by atoms with Crippen molar-refractivity contribution in [1.82, 2.24) is 5.32 Å². The molecule has 8 heteroatoms. The maximum Gasteiger partial charge on any atom is 0.336 e. The molecule has 0 aliphatic heterocycles. The first-order valence-corrected chi connectivity index (χ1v) is 9.67. The third-order valence-corrected chi connectivity index (χ3v) is 4.43. The summed E-state index contributed by atoms with van der Waals surface area (Å²) in [4.78, 5) is 47.5. The van der Waals surface area contributed by atoms with Gasteiger partial charge in [-0.05, 0) is 31.2 Å². The summed E-state index contributed by atoms with van der Waals surface area (Å²) in [5.74, 6) is -1.04. The fourth-order valence-electron chi connectivity index (χ4n) is 3.05. The molecule has 1 aromatic heterocycles. The predicted octanol–water partition coefficient (Wildman–Crippen LogP) is 3.00. The molecule has 3 aromatic rings. The van der Waals surface area contributed by atoms with E-state index in [9.17, 15) is 19.2 Å². The van der Waals surface area contributed by atoms with Gasteiger partial charge in [0.05, 0.1) is 6.42 Å². The van der Waals surface area contributed by atoms with Gasteiger partial charge in [-0.3, -0.25) is 14.4 Å². The summed E-state index contributed by atoms with van der Waals surface area (Å²) >= 11 is 0. The molecule has 0 saturated carbocycles. The van der Waals surface area contributed by atoms with Crippen molar-refractivity contribution in [2.75, 3.05) is 5.32 Å². The molecule has 2 aromatic carbocycles. The Bertz CT molecular complexity index is 1170. The van der Waals surface area contributed by atoms with Crippen molar-refractivity contribution in [2.24, 2.45) is 0 Å². The average molecular weight is 422 g/mol. The Hall–Kier alpha value is -3.94. The van der Waals surface area contributed by atoms with Gasteiger partial charge >= 0.3 is 11.6 Å². The van der Waals surface area contributed by atoms with Crippen LogP contribution in [0.1, 0.15) is 36.2 Å². The molecule has 3 rings (SSSR count). The lowest BCUT2D eigenvalue weighted by atomic mass is 10.1. The number of carbonyl (C=O) groups is 3. The smallest absolute Gasteiger partial charge is 0.336 e. The molecule has 1 atom stereocenters. The summed E-state index contributed by atoms with van der Waals surface area (Å²) < 4.78 is 10.5. The zero-order chi connectivity index (χ0) is 22.4. The second-order valence-electron chi connectivity index (χ2n) is 7.09. The van der Waals surface area contributed by atoms with Crippen LogP contribution in [0, 0.1) is 0 Å². The number of ether oxygens (including phenoxy) is 1. The molecule has 2 amide bonds. The molecular formula is C23H22N2O6. The van der Waals surface area contributed by atoms with Gasteiger partial charge in [0, 0.05) is 47.3 Å². The quantitative estimate of drug-likeness (QED) is 0.447. The number of rotatable bonds is 7. The van der Waals surface area contributed by atoms with E-state index >= 15 is 0 Å². The van der Waals surface area contributed by atoms with E-state index in [1.165, 1.54) is 19.1 Å². The molecule has 31 heavy (non-hydrogen) atoms. The highest BCUT2D eigenvalue weighted by Crippen LogP contribution is 2.22. The van der Waals surface area contributed by atoms with Gasteiger partial charge in [-0.2, -0.15) is 0 Å². The van der Waals surface area contributed by atoms with Crippen LogP contribution in [-0.2, 0) is 20.9 Å². The lowest BCUT2D eigenvalue weighted by Crippen LogP contribution is -2.34. The van der Waals surface area contributed by atoms with Crippen LogP contribution >= 0.6 is 0 Å². The summed E-state index contributed by atoms with van der Waals surface area (Å²) in [6, 6.07) is 14.4. The first-order chi connectivity index (χ1) is 14.8. The van der Waals surface area contributed by atoms with Crippen molar-refractivity contribution in [1.29, 1.82) is 0 Å². The van der Waals surface area contributed by atoms with E-state index in [4.69, 9.17) is 9.15 Å². The Labute approximate surface area is 178 Å². The number of esters is 1. The number of anilines is 1. The Kier molecular flexibility index (Phi) is 6.81. The molecule has 2 N–H and O–H groups in total. The number of amides is 2. The topological polar surface area (TPSA) is 115 Å². The third-order valence-electron chi connectivity index (χ3n) is 4.43. The first kappa shape index (κ1) is 21.8. The lowest BCUT2D eigenvalue weighted by Gasteiger charge is -2.14. The fourth-order valence-corrected chi connectivity index (χ4v) is 3.05. The van der Waals surface area contributed by atoms with Crippen LogP contribution in [0.15, 0.2) is 63.8 Å². The Balaban J connectivity index is 1.62. The standard InChI is InChI=1S/C23H22N2O6/c1-14(24-23(29)16-6-4-3-5-7-16)10-21(27)30-13-17-11-22(28)31-20-12-18(25-15(2)26)8-9-19(17)20/h3-9,11-12,14H,10,13H2,1-2H3,(H,24,29)(H,25,26). The summed E-state index contributed by atoms with van der Waals surface area (Å²) in [6.07, 6.45) is -0.0232. The minimum absolute atomic E-state index is 0.0232. The maximum absolute atomic E-state index is 12.2. The van der Waals surface area contributed by atoms with E-state index in [1.807, 2.05) is 6.07 Å². The Morgan fingerprint density at radius 3 is 2.52 bits per heavy atom. The molecule has 0 bridgehead atoms. The van der Waals surface area contributed by atoms with E-state index in [0.717, 1.165) is 0 Å². The average Bonchev–Trinajstić information content (AvgIpc) is 2.71. The van der Waals surface area contributed by atoms with Crippen LogP contribution in [0.2, 0.25) is 0 Å². The van der Waals surface area contributed by atoms with Crippen molar-refractivity contribution in [3.8, 4) is 0 Å². The second kappa shape index (κ2) is 9.71. The SMILES string of the molecule is CC(=O)Nc1ccc2c(COC(=O)CC(C)NC(=O)c3ccccc3)cc(=O)oc2c1. The molecule has 0 aliphatic rings. The highest BCUT2D eigenvalue weighted by atomic mass is 16.5. The van der Waals surface area contributed by atoms with E-state index in [2.05, 4.69) is 10.6 Å². The maximum atomic E-state index is 12.2. The van der Waals surface area contributed by atoms with Crippen molar-refractivity contribution >= 4 is 34.4 Å². The molecule has 0 fully saturated rings. The molecule has 1 heterocycles. The van der Waals surface area contributed by atoms with Crippen LogP contribution < -0.4 is 16.3 Å². The molecule has 1 unspecified atom stereocenters. The number of hydrogen-bond donors (Lipinski definition) is 2. The summed E-state index contributed by atoms with van der Waals surface area (Å²) in [5.41, 5.74) is 1.15. The number of benzene rings is 2. The first-order valence-electron chi connectivity index (χ1n) is 9.67. The van der Waals surface area contributed by atoms with Crippen LogP contribution in [-0.4, -0.2) is 23.8 Å². The normalized spacial score (nSPS) is 11.5. The van der Waals surface area contributed by atoms with E-state index in [-0.39, 0.29) is 30.4 Å². The zero-order valence-electron chi connectivity index (χ0n) is 17.1. The Morgan fingerprint density at radius 2 is 1.81 bits per heavy atom. The van der Waals surface area contributed by atoms with E-state index in [1.54, 1.807) is 43.3 Å². The highest BCUT2D eigenvalue weighted by Gasteiger charge is 2.15. The van der Waals surface area contributed by atoms with Crippen LogP contribution in [0.3, 0.4) is 0 Å². The Morgan fingerprint density at radius 1 is 1.06 bits per heavy atom. The highest BCUT2D eigenvalue weighted by molar-refractivity contribution is 5.94. The zero-order valence-corrected chi connectivity index (χ0v) is 17.1. The molecule has 160 valence electrons. The van der Waals surface area contributed by atoms with Crippen molar-refractivity contribution < 1.29 is 23.5 Å². The second-order valence-corrected chi connectivity index (χ2v) is 7.09. The molecule has 0 spiro atoms. The van der Waals surface area contributed by atoms with Gasteiger partial charge in [-0.1, -0.05) is 18.2 Å². The summed E-state index contributed by atoms with van der Waals surface area (Å²) in [7, 11) is 0. The third kappa shape index (κ3) is 6.02. The predicted molar refractivity (Wildman–Crippen MR) is 115 cm³/mol. The van der Waals surface area contributed by atoms with E-state index in [0.29, 0.717) is 22.2 Å². The number of carbonyl (C=O) groups excluding carboxylic acids is 3. The molecule has 0 saturated heterocycles. The van der Waals surface area contributed by atoms with Crippen molar-refractivity contribution in [3.05, 3.63) is 76.1 Å². The molecular weight excluding hydrogens is 400 g/mol. The number of fused-ring (bicyclic) bond motifs is 1. The van der Waals surface area contributed by atoms with Gasteiger partial charge in [0.2, 0.25) is 5.91 Å². The van der Waals surface area contributed by atoms with Crippen molar-refractivity contribution in [3.63, 3.8) is 0 Å². The lowest BCUT2D eigenvalue weighted by molar-refractivity contribution is -0.145. The van der Waals surface area contributed by atoms with Crippen LogP contribution in [0.5, 0.6) is 0 Å². The van der Waals surface area contributed by atoms with Gasteiger partial charge in [-0.25, -0.2) is 4.79 Å². The summed E-state index contributed by atoms with van der Waals surface area (Å²) in [5, 5.41) is 5.95. The van der Waals surface area contributed by atoms with Crippen molar-refractivity contribution in [2.45, 2.75) is 32.9 Å². The minimum Gasteiger partial charge on any atom is -0.461 e. The molecule has 8 nitrogen and oxygen atoms in total. The largest absolute Gasteiger partial charge is 0.461 e. The minimum atomic E-state index is -0.595. The van der Waals surface area contributed by atoms with Crippen LogP contribution in [0.4, 0.5) is 5.69 Å². The van der Waals surface area contributed by atoms with E-state index < -0.39 is 17.6 Å². The number of nitrogens with one attached hydrogen (secondary N) is 2. The fraction of sp³-hybridized carbons (Fsp3) is 0.217. The van der Waals surface area contributed by atoms with Gasteiger partial charge in [0.1, 0.15) is 12.2 Å². The van der Waals surface area contributed by atoms with Gasteiger partial charge in [-0.15, -0.1) is 0 Å². The number of hydrogen-bond acceptors (Lipinski definition) is 6. The summed E-state index contributed by atoms with van der Waals surface area (Å²) in [6.45, 7) is 2.96. The monoisotopic (exact) mass is 422 g/mol. The van der Waals surface area contributed by atoms with Gasteiger partial charge in [0.15, 0.2) is 0 Å². The molecule has 0 radical (unpaired) electrons. The van der Waals surface area contributed by atoms with Crippen LogP contribution in [0.25, 0.3) is 11.0 Å². The molecule has 0 aliphatic carbocycles. The van der Waals surface area contributed by atoms with Gasteiger partial charge in [0.25, 0.3) is 5.91 Å². The van der Waals surface area contributed by atoms with Gasteiger partial charge < -0.3 is 19.8 Å².